The zero-order valence-corrected chi connectivity index (χ0v) is 26.2. The van der Waals surface area contributed by atoms with Crippen LogP contribution in [-0.2, 0) is 12.8 Å². The fraction of sp³-hybridized carbons (Fsp3) is 0.500. The summed E-state index contributed by atoms with van der Waals surface area (Å²) in [5, 5.41) is 40.9. The lowest BCUT2D eigenvalue weighted by atomic mass is 9.54. The number of benzene rings is 2. The van der Waals surface area contributed by atoms with Crippen LogP contribution in [0.3, 0.4) is 0 Å². The number of aliphatic hydroxyl groups is 3. The Morgan fingerprint density at radius 3 is 2.67 bits per heavy atom. The first-order chi connectivity index (χ1) is 21.6. The number of aliphatic hydroxyl groups excluding tert-OH is 1. The maximum Gasteiger partial charge on any atom is 0.189 e. The van der Waals surface area contributed by atoms with Gasteiger partial charge in [-0.3, -0.25) is 4.99 Å². The fourth-order valence-corrected chi connectivity index (χ4v) is 9.68. The van der Waals surface area contributed by atoms with Gasteiger partial charge in [0.05, 0.1) is 23.3 Å². The molecule has 45 heavy (non-hydrogen) atoms. The third-order valence-corrected chi connectivity index (χ3v) is 12.0. The number of fused-ring (bicyclic) bond motifs is 2. The molecule has 0 saturated heterocycles. The molecule has 8 rings (SSSR count). The van der Waals surface area contributed by atoms with E-state index in [4.69, 9.17) is 12.3 Å². The van der Waals surface area contributed by atoms with Crippen molar-refractivity contribution in [2.45, 2.75) is 81.6 Å². The van der Waals surface area contributed by atoms with Crippen LogP contribution in [0, 0.1) is 40.9 Å². The van der Waals surface area contributed by atoms with E-state index in [-0.39, 0.29) is 36.1 Å². The first-order valence-electron chi connectivity index (χ1n) is 16.6. The molecule has 2 aromatic carbocycles. The minimum absolute atomic E-state index is 0.0386. The average Bonchev–Trinajstić information content (AvgIpc) is 3.50. The van der Waals surface area contributed by atoms with Crippen molar-refractivity contribution in [3.05, 3.63) is 84.1 Å². The van der Waals surface area contributed by atoms with Crippen molar-refractivity contribution in [3.63, 3.8) is 0 Å². The lowest BCUT2D eigenvalue weighted by Crippen LogP contribution is -2.54. The quantitative estimate of drug-likeness (QED) is 0.102. The average molecular weight is 607 g/mol. The molecule has 9 atom stereocenters. The summed E-state index contributed by atoms with van der Waals surface area (Å²) in [6.45, 7) is 7.21. The van der Waals surface area contributed by atoms with Gasteiger partial charge in [0.15, 0.2) is 5.96 Å². The highest BCUT2D eigenvalue weighted by atomic mass is 16.3. The van der Waals surface area contributed by atoms with Gasteiger partial charge in [0.1, 0.15) is 0 Å². The molecular weight excluding hydrogens is 560 g/mol. The molecule has 4 bridgehead atoms. The van der Waals surface area contributed by atoms with Crippen LogP contribution in [0.4, 0.5) is 0 Å². The molecule has 0 amide bonds. The van der Waals surface area contributed by atoms with Gasteiger partial charge in [-0.2, -0.15) is 0 Å². The number of hydrogen-bond acceptors (Lipinski definition) is 4. The van der Waals surface area contributed by atoms with E-state index in [0.717, 1.165) is 42.5 Å². The van der Waals surface area contributed by atoms with Crippen LogP contribution < -0.4 is 11.1 Å². The molecule has 0 radical (unpaired) electrons. The van der Waals surface area contributed by atoms with Crippen molar-refractivity contribution in [2.75, 3.05) is 6.54 Å². The fourth-order valence-electron chi connectivity index (χ4n) is 9.68. The van der Waals surface area contributed by atoms with Gasteiger partial charge in [0.25, 0.3) is 0 Å². The van der Waals surface area contributed by atoms with Gasteiger partial charge in [0, 0.05) is 42.4 Å². The molecule has 4 saturated carbocycles. The third kappa shape index (κ3) is 5.17. The number of H-pyrrole nitrogens is 1. The molecular formula is C38H46N4O3. The lowest BCUT2D eigenvalue weighted by molar-refractivity contribution is -0.122. The number of para-hydroxylation sites is 1. The molecule has 7 nitrogen and oxygen atoms in total. The normalized spacial score (nSPS) is 37.2. The van der Waals surface area contributed by atoms with Gasteiger partial charge >= 0.3 is 0 Å². The van der Waals surface area contributed by atoms with Gasteiger partial charge < -0.3 is 31.4 Å². The molecule has 4 fully saturated rings. The first kappa shape index (κ1) is 30.1. The topological polar surface area (TPSA) is 127 Å². The number of nitrogens with one attached hydrogen (secondary N) is 2. The van der Waals surface area contributed by atoms with Crippen molar-refractivity contribution in [1.82, 2.24) is 10.3 Å². The van der Waals surface area contributed by atoms with Crippen LogP contribution in [0.15, 0.2) is 77.8 Å². The van der Waals surface area contributed by atoms with E-state index >= 15 is 0 Å². The monoisotopic (exact) mass is 606 g/mol. The van der Waals surface area contributed by atoms with E-state index in [9.17, 15) is 15.3 Å². The molecule has 3 aromatic rings. The van der Waals surface area contributed by atoms with Crippen molar-refractivity contribution in [1.29, 1.82) is 0 Å². The smallest absolute Gasteiger partial charge is 0.189 e. The van der Waals surface area contributed by atoms with Crippen LogP contribution in [0.25, 0.3) is 10.9 Å². The Balaban J connectivity index is 1.23. The zero-order valence-electron chi connectivity index (χ0n) is 26.2. The van der Waals surface area contributed by atoms with Crippen LogP contribution in [0.1, 0.15) is 56.7 Å². The second-order valence-corrected chi connectivity index (χ2v) is 14.4. The summed E-state index contributed by atoms with van der Waals surface area (Å²) in [7, 11) is 0. The number of aliphatic imine (C=N–C) groups is 1. The summed E-state index contributed by atoms with van der Waals surface area (Å²) in [6.07, 6.45) is 4.17. The van der Waals surface area contributed by atoms with Crippen molar-refractivity contribution < 1.29 is 15.3 Å². The predicted molar refractivity (Wildman–Crippen MR) is 178 cm³/mol. The van der Waals surface area contributed by atoms with Crippen molar-refractivity contribution in [2.24, 2.45) is 39.8 Å². The molecule has 7 heteroatoms. The molecule has 0 spiro atoms. The standard InChI is InChI=1S/C38H46N4O3/c1-24(19-29-20-26-11-6-7-13-32(26)41-29)37-17-8-12-28(42-35(39)40-18-16-25-9-4-3-5-10-25)23-38(45)33(43)21-31-34(38)30(37)15-14-27(22-37)36(31,2)44/h3-7,9-11,13,20,27-28,30-31,33-34,41,43-45H,1,14-19,21-23H2,2H3,(H3,39,40,42). The molecule has 9 unspecified atom stereocenters. The molecule has 5 aliphatic rings. The Morgan fingerprint density at radius 1 is 1.09 bits per heavy atom. The van der Waals surface area contributed by atoms with Crippen LogP contribution in [0.5, 0.6) is 0 Å². The predicted octanol–water partition coefficient (Wildman–Crippen LogP) is 4.47. The van der Waals surface area contributed by atoms with E-state index in [1.165, 1.54) is 10.9 Å². The molecule has 236 valence electrons. The highest BCUT2D eigenvalue weighted by Gasteiger charge is 2.69. The number of nitrogens with zero attached hydrogens (tertiary/aromatic N) is 1. The third-order valence-electron chi connectivity index (χ3n) is 12.0. The van der Waals surface area contributed by atoms with Gasteiger partial charge in [-0.1, -0.05) is 66.6 Å². The second kappa shape index (κ2) is 11.3. The number of nitrogens with two attached hydrogens (primary N) is 1. The first-order valence-corrected chi connectivity index (χ1v) is 16.6. The maximum atomic E-state index is 12.6. The van der Waals surface area contributed by atoms with Crippen LogP contribution in [0.2, 0.25) is 0 Å². The minimum Gasteiger partial charge on any atom is -0.390 e. The zero-order chi connectivity index (χ0) is 31.4. The van der Waals surface area contributed by atoms with Crippen molar-refractivity contribution in [3.8, 4) is 11.8 Å². The van der Waals surface area contributed by atoms with Crippen molar-refractivity contribution >= 4 is 16.9 Å². The summed E-state index contributed by atoms with van der Waals surface area (Å²) < 4.78 is 0. The Labute approximate surface area is 266 Å². The Kier molecular flexibility index (Phi) is 7.59. The Bertz CT molecular complexity index is 1630. The van der Waals surface area contributed by atoms with Crippen LogP contribution in [-0.4, -0.2) is 56.2 Å². The Morgan fingerprint density at radius 2 is 1.87 bits per heavy atom. The highest BCUT2D eigenvalue weighted by molar-refractivity contribution is 5.80. The summed E-state index contributed by atoms with van der Waals surface area (Å²) in [6, 6.07) is 20.1. The van der Waals surface area contributed by atoms with Gasteiger partial charge in [0.2, 0.25) is 0 Å². The van der Waals surface area contributed by atoms with Gasteiger partial charge in [-0.05, 0) is 85.8 Å². The van der Waals surface area contributed by atoms with E-state index in [0.29, 0.717) is 25.8 Å². The molecule has 0 aliphatic heterocycles. The van der Waals surface area contributed by atoms with E-state index in [1.807, 2.05) is 37.3 Å². The number of guanidine groups is 1. The number of hydrogen-bond donors (Lipinski definition) is 6. The number of allylic oxidation sites excluding steroid dienone is 1. The van der Waals surface area contributed by atoms with Gasteiger partial charge in [-0.25, -0.2) is 0 Å². The summed E-state index contributed by atoms with van der Waals surface area (Å²) in [5.74, 6) is 6.74. The molecule has 1 aromatic heterocycles. The molecule has 1 heterocycles. The summed E-state index contributed by atoms with van der Waals surface area (Å²) >= 11 is 0. The maximum absolute atomic E-state index is 12.6. The SMILES string of the molecule is C=C(Cc1cc2ccccc2[nH]1)C12CC#CC(NC(N)=NCCc3ccccc3)CC3(O)C(O)CC4C3C1CCC(C2)C4(C)O. The van der Waals surface area contributed by atoms with E-state index in [1.54, 1.807) is 0 Å². The molecule has 5 aliphatic carbocycles. The van der Waals surface area contributed by atoms with Gasteiger partial charge in [-0.15, -0.1) is 5.92 Å². The van der Waals surface area contributed by atoms with E-state index in [2.05, 4.69) is 57.5 Å². The summed E-state index contributed by atoms with van der Waals surface area (Å²) in [5.41, 5.74) is 8.00. The Hall–Kier alpha value is -3.57. The lowest BCUT2D eigenvalue weighted by Gasteiger charge is -2.51. The number of rotatable bonds is 7. The summed E-state index contributed by atoms with van der Waals surface area (Å²) in [4.78, 5) is 8.14. The van der Waals surface area contributed by atoms with Crippen LogP contribution >= 0.6 is 0 Å². The minimum atomic E-state index is -1.44. The number of aromatic amines is 1. The largest absolute Gasteiger partial charge is 0.390 e. The number of aromatic nitrogens is 1. The van der Waals surface area contributed by atoms with E-state index < -0.39 is 28.8 Å². The molecule has 7 N–H and O–H groups in total. The highest BCUT2D eigenvalue weighted by Crippen LogP contribution is 2.67. The second-order valence-electron chi connectivity index (χ2n) is 14.4.